The molecule has 0 aliphatic rings. The molecule has 9 nitrogen and oxygen atoms in total. The third-order valence-electron chi connectivity index (χ3n) is 4.02. The first kappa shape index (κ1) is 24.3. The van der Waals surface area contributed by atoms with E-state index in [9.17, 15) is 22.8 Å². The van der Waals surface area contributed by atoms with E-state index in [0.717, 1.165) is 0 Å². The Bertz CT molecular complexity index is 1090. The fraction of sp³-hybridized carbons (Fsp3) is 0.250. The van der Waals surface area contributed by atoms with Crippen LogP contribution in [0, 0.1) is 6.92 Å². The van der Waals surface area contributed by atoms with Crippen LogP contribution >= 0.6 is 11.6 Å². The smallest absolute Gasteiger partial charge is 0.337 e. The molecule has 2 N–H and O–H groups in total. The highest BCUT2D eigenvalue weighted by Gasteiger charge is 2.16. The number of hydrogen-bond donors (Lipinski definition) is 2. The molecule has 2 rings (SSSR count). The van der Waals surface area contributed by atoms with Crippen molar-refractivity contribution in [2.75, 3.05) is 25.6 Å². The number of anilines is 1. The van der Waals surface area contributed by atoms with E-state index in [2.05, 4.69) is 14.8 Å². The molecule has 0 aliphatic heterocycles. The van der Waals surface area contributed by atoms with E-state index in [1.165, 1.54) is 37.4 Å². The maximum absolute atomic E-state index is 12.1. The van der Waals surface area contributed by atoms with Gasteiger partial charge in [0.25, 0.3) is 5.91 Å². The van der Waals surface area contributed by atoms with E-state index in [1.807, 2.05) is 0 Å². The molecule has 0 radical (unpaired) electrons. The van der Waals surface area contributed by atoms with Crippen molar-refractivity contribution in [3.05, 3.63) is 58.6 Å². The molecular formula is C20H21ClN2O7S. The summed E-state index contributed by atoms with van der Waals surface area (Å²) in [5, 5.41) is 2.81. The number of hydrogen-bond acceptors (Lipinski definition) is 7. The number of carbonyl (C=O) groups excluding carboxylic acids is 3. The van der Waals surface area contributed by atoms with Gasteiger partial charge in [-0.3, -0.25) is 9.59 Å². The number of methoxy groups -OCH3 is 1. The van der Waals surface area contributed by atoms with Crippen molar-refractivity contribution in [3.8, 4) is 0 Å². The van der Waals surface area contributed by atoms with Crippen LogP contribution in [0.2, 0.25) is 5.02 Å². The van der Waals surface area contributed by atoms with Gasteiger partial charge in [0.2, 0.25) is 10.0 Å². The van der Waals surface area contributed by atoms with Crippen LogP contribution in [0.5, 0.6) is 0 Å². The Labute approximate surface area is 184 Å². The van der Waals surface area contributed by atoms with Crippen molar-refractivity contribution in [1.82, 2.24) is 4.72 Å². The molecule has 0 unspecified atom stereocenters. The van der Waals surface area contributed by atoms with E-state index >= 15 is 0 Å². The van der Waals surface area contributed by atoms with Gasteiger partial charge >= 0.3 is 11.9 Å². The quantitative estimate of drug-likeness (QED) is 0.540. The number of esters is 2. The molecule has 31 heavy (non-hydrogen) atoms. The van der Waals surface area contributed by atoms with E-state index in [1.54, 1.807) is 19.1 Å². The number of aryl methyl sites for hydroxylation is 1. The van der Waals surface area contributed by atoms with Crippen molar-refractivity contribution >= 4 is 45.2 Å². The Morgan fingerprint density at radius 2 is 1.84 bits per heavy atom. The lowest BCUT2D eigenvalue weighted by atomic mass is 10.1. The molecule has 0 saturated heterocycles. The van der Waals surface area contributed by atoms with Gasteiger partial charge in [0.05, 0.1) is 24.0 Å². The molecule has 0 saturated carbocycles. The fourth-order valence-corrected chi connectivity index (χ4v) is 3.74. The Morgan fingerprint density at radius 3 is 2.52 bits per heavy atom. The third-order valence-corrected chi connectivity index (χ3v) is 5.72. The number of nitrogens with one attached hydrogen (secondary N) is 2. The van der Waals surface area contributed by atoms with Crippen molar-refractivity contribution in [2.24, 2.45) is 0 Å². The highest BCUT2D eigenvalue weighted by atomic mass is 35.5. The molecule has 0 atom stereocenters. The maximum Gasteiger partial charge on any atom is 0.337 e. The van der Waals surface area contributed by atoms with E-state index < -0.39 is 34.5 Å². The Kier molecular flexibility index (Phi) is 8.55. The van der Waals surface area contributed by atoms with Crippen molar-refractivity contribution in [3.63, 3.8) is 0 Å². The second-order valence-electron chi connectivity index (χ2n) is 6.34. The predicted molar refractivity (Wildman–Crippen MR) is 113 cm³/mol. The first-order valence-electron chi connectivity index (χ1n) is 9.02. The molecule has 0 aliphatic carbocycles. The zero-order valence-corrected chi connectivity index (χ0v) is 18.4. The van der Waals surface area contributed by atoms with Crippen LogP contribution in [0.25, 0.3) is 0 Å². The van der Waals surface area contributed by atoms with Crippen LogP contribution in [0.15, 0.2) is 47.4 Å². The zero-order chi connectivity index (χ0) is 23.0. The van der Waals surface area contributed by atoms with Crippen LogP contribution in [0.3, 0.4) is 0 Å². The zero-order valence-electron chi connectivity index (χ0n) is 16.8. The molecule has 0 heterocycles. The Hall–Kier alpha value is -2.95. The first-order valence-corrected chi connectivity index (χ1v) is 10.9. The summed E-state index contributed by atoms with van der Waals surface area (Å²) in [6.45, 7) is 0.950. The lowest BCUT2D eigenvalue weighted by Gasteiger charge is -2.11. The fourth-order valence-electron chi connectivity index (χ4n) is 2.41. The summed E-state index contributed by atoms with van der Waals surface area (Å²) >= 11 is 5.78. The number of benzene rings is 2. The Balaban J connectivity index is 1.81. The molecule has 0 spiro atoms. The summed E-state index contributed by atoms with van der Waals surface area (Å²) in [6, 6.07) is 10.3. The SMILES string of the molecule is COC(=O)c1ccc(C)c(NC(=O)COC(=O)CCNS(=O)(=O)c2cccc(Cl)c2)c1. The summed E-state index contributed by atoms with van der Waals surface area (Å²) in [5.74, 6) is -1.93. The van der Waals surface area contributed by atoms with Crippen LogP contribution in [0.1, 0.15) is 22.3 Å². The summed E-state index contributed by atoms with van der Waals surface area (Å²) in [4.78, 5) is 35.4. The molecule has 2 aromatic carbocycles. The summed E-state index contributed by atoms with van der Waals surface area (Å²) in [7, 11) is -2.58. The number of halogens is 1. The van der Waals surface area contributed by atoms with Crippen molar-refractivity contribution in [2.45, 2.75) is 18.2 Å². The molecule has 0 bridgehead atoms. The molecule has 2 aromatic rings. The van der Waals surface area contributed by atoms with Crippen molar-refractivity contribution in [1.29, 1.82) is 0 Å². The van der Waals surface area contributed by atoms with Gasteiger partial charge < -0.3 is 14.8 Å². The highest BCUT2D eigenvalue weighted by Crippen LogP contribution is 2.18. The third kappa shape index (κ3) is 7.35. The second-order valence-corrected chi connectivity index (χ2v) is 8.54. The molecule has 11 heteroatoms. The van der Waals surface area contributed by atoms with Gasteiger partial charge in [-0.15, -0.1) is 0 Å². The van der Waals surface area contributed by atoms with Crippen LogP contribution in [0.4, 0.5) is 5.69 Å². The number of carbonyl (C=O) groups is 3. The molecule has 166 valence electrons. The highest BCUT2D eigenvalue weighted by molar-refractivity contribution is 7.89. The van der Waals surface area contributed by atoms with Crippen LogP contribution in [-0.4, -0.2) is 46.5 Å². The van der Waals surface area contributed by atoms with E-state index in [-0.39, 0.29) is 28.4 Å². The number of amides is 1. The van der Waals surface area contributed by atoms with E-state index in [4.69, 9.17) is 16.3 Å². The summed E-state index contributed by atoms with van der Waals surface area (Å²) in [6.07, 6.45) is -0.274. The van der Waals surface area contributed by atoms with Gasteiger partial charge in [0.1, 0.15) is 0 Å². The van der Waals surface area contributed by atoms with Gasteiger partial charge in [-0.2, -0.15) is 0 Å². The standard InChI is InChI=1S/C20H21ClN2O7S/c1-13-6-7-14(20(26)29-2)10-17(13)23-18(24)12-30-19(25)8-9-22-31(27,28)16-5-3-4-15(21)11-16/h3-7,10-11,22H,8-9,12H2,1-2H3,(H,23,24). The normalized spacial score (nSPS) is 10.9. The summed E-state index contributed by atoms with van der Waals surface area (Å²) < 4.78 is 36.0. The molecule has 0 aromatic heterocycles. The minimum absolute atomic E-state index is 0.0303. The van der Waals surface area contributed by atoms with Crippen LogP contribution in [-0.2, 0) is 29.1 Å². The number of sulfonamides is 1. The van der Waals surface area contributed by atoms with E-state index in [0.29, 0.717) is 11.3 Å². The molecule has 0 fully saturated rings. The molecular weight excluding hydrogens is 448 g/mol. The van der Waals surface area contributed by atoms with Gasteiger partial charge in [-0.1, -0.05) is 23.7 Å². The first-order chi connectivity index (χ1) is 14.6. The largest absolute Gasteiger partial charge is 0.465 e. The average molecular weight is 469 g/mol. The lowest BCUT2D eigenvalue weighted by Crippen LogP contribution is -2.28. The minimum atomic E-state index is -3.83. The predicted octanol–water partition coefficient (Wildman–Crippen LogP) is 2.29. The van der Waals surface area contributed by atoms with Gasteiger partial charge in [-0.25, -0.2) is 17.9 Å². The maximum atomic E-state index is 12.1. The number of ether oxygens (including phenoxy) is 2. The summed E-state index contributed by atoms with van der Waals surface area (Å²) in [5.41, 5.74) is 1.33. The van der Waals surface area contributed by atoms with Crippen molar-refractivity contribution < 1.29 is 32.3 Å². The van der Waals surface area contributed by atoms with Gasteiger partial charge in [0, 0.05) is 17.3 Å². The van der Waals surface area contributed by atoms with Gasteiger partial charge in [-0.05, 0) is 42.8 Å². The Morgan fingerprint density at radius 1 is 1.10 bits per heavy atom. The van der Waals surface area contributed by atoms with Crippen LogP contribution < -0.4 is 10.0 Å². The molecule has 1 amide bonds. The number of rotatable bonds is 9. The second kappa shape index (κ2) is 10.9. The van der Waals surface area contributed by atoms with Gasteiger partial charge in [0.15, 0.2) is 6.61 Å². The lowest BCUT2D eigenvalue weighted by molar-refractivity contribution is -0.147. The monoisotopic (exact) mass is 468 g/mol. The average Bonchev–Trinajstić information content (AvgIpc) is 2.73. The minimum Gasteiger partial charge on any atom is -0.465 e. The topological polar surface area (TPSA) is 128 Å².